The number of carbonyl (C=O) groups excluding carboxylic acids is 1. The van der Waals surface area contributed by atoms with E-state index in [9.17, 15) is 4.79 Å². The number of hydrogen-bond acceptors (Lipinski definition) is 4. The van der Waals surface area contributed by atoms with Gasteiger partial charge < -0.3 is 9.64 Å². The van der Waals surface area contributed by atoms with Gasteiger partial charge in [0.15, 0.2) is 0 Å². The molecule has 0 N–H and O–H groups in total. The first-order chi connectivity index (χ1) is 11.8. The Morgan fingerprint density at radius 1 is 1.08 bits per heavy atom. The van der Waals surface area contributed by atoms with Crippen molar-refractivity contribution >= 4 is 33.1 Å². The molecule has 0 atom stereocenters. The highest BCUT2D eigenvalue weighted by molar-refractivity contribution is 7.18. The summed E-state index contributed by atoms with van der Waals surface area (Å²) in [5.41, 5.74) is 1.96. The van der Waals surface area contributed by atoms with Gasteiger partial charge in [0.1, 0.15) is 17.4 Å². The fourth-order valence-electron chi connectivity index (χ4n) is 2.93. The standard InChI is InChI=1S/C19H18N2O2S/c22-19-7-3-4-12-21(19)14-8-10-15(11-9-14)23-13-18-20-16-5-1-2-6-17(16)24-18/h1-2,5-6,8-11H,3-4,7,12-13H2. The minimum Gasteiger partial charge on any atom is -0.486 e. The van der Waals surface area contributed by atoms with Crippen molar-refractivity contribution in [3.63, 3.8) is 0 Å². The first-order valence-electron chi connectivity index (χ1n) is 8.17. The maximum absolute atomic E-state index is 12.0. The van der Waals surface area contributed by atoms with E-state index in [-0.39, 0.29) is 5.91 Å². The Morgan fingerprint density at radius 2 is 1.92 bits per heavy atom. The molecule has 0 bridgehead atoms. The summed E-state index contributed by atoms with van der Waals surface area (Å²) in [5.74, 6) is 1.01. The van der Waals surface area contributed by atoms with Gasteiger partial charge in [-0.1, -0.05) is 12.1 Å². The molecule has 4 nitrogen and oxygen atoms in total. The molecule has 1 aliphatic heterocycles. The number of aromatic nitrogens is 1. The summed E-state index contributed by atoms with van der Waals surface area (Å²) in [6.45, 7) is 1.27. The third kappa shape index (κ3) is 3.12. The van der Waals surface area contributed by atoms with Crippen LogP contribution in [-0.4, -0.2) is 17.4 Å². The first kappa shape index (κ1) is 15.1. The van der Waals surface area contributed by atoms with E-state index in [1.54, 1.807) is 11.3 Å². The van der Waals surface area contributed by atoms with Crippen LogP contribution in [0, 0.1) is 0 Å². The first-order valence-corrected chi connectivity index (χ1v) is 8.99. The molecule has 0 saturated carbocycles. The second-order valence-electron chi connectivity index (χ2n) is 5.86. The van der Waals surface area contributed by atoms with E-state index in [0.717, 1.165) is 41.3 Å². The summed E-state index contributed by atoms with van der Waals surface area (Å²) in [4.78, 5) is 18.4. The lowest BCUT2D eigenvalue weighted by Gasteiger charge is -2.26. The van der Waals surface area contributed by atoms with Gasteiger partial charge in [0, 0.05) is 18.7 Å². The predicted molar refractivity (Wildman–Crippen MR) is 96.6 cm³/mol. The van der Waals surface area contributed by atoms with Crippen LogP contribution in [0.25, 0.3) is 10.2 Å². The van der Waals surface area contributed by atoms with Gasteiger partial charge in [0.25, 0.3) is 0 Å². The maximum atomic E-state index is 12.0. The molecule has 4 rings (SSSR count). The van der Waals surface area contributed by atoms with Crippen LogP contribution >= 0.6 is 11.3 Å². The van der Waals surface area contributed by atoms with Crippen molar-refractivity contribution in [1.82, 2.24) is 4.98 Å². The van der Waals surface area contributed by atoms with Crippen molar-refractivity contribution in [3.8, 4) is 5.75 Å². The van der Waals surface area contributed by atoms with Crippen LogP contribution in [0.5, 0.6) is 5.75 Å². The van der Waals surface area contributed by atoms with E-state index in [0.29, 0.717) is 13.0 Å². The molecule has 1 aromatic heterocycles. The Morgan fingerprint density at radius 3 is 2.71 bits per heavy atom. The van der Waals surface area contributed by atoms with Gasteiger partial charge >= 0.3 is 0 Å². The Kier molecular flexibility index (Phi) is 4.17. The highest BCUT2D eigenvalue weighted by atomic mass is 32.1. The number of piperidine rings is 1. The molecular formula is C19H18N2O2S. The fourth-order valence-corrected chi connectivity index (χ4v) is 3.81. The van der Waals surface area contributed by atoms with Gasteiger partial charge in [-0.15, -0.1) is 11.3 Å². The number of thiazole rings is 1. The lowest BCUT2D eigenvalue weighted by Crippen LogP contribution is -2.35. The van der Waals surface area contributed by atoms with Gasteiger partial charge in [-0.2, -0.15) is 0 Å². The molecule has 0 spiro atoms. The zero-order valence-corrected chi connectivity index (χ0v) is 14.1. The number of fused-ring (bicyclic) bond motifs is 1. The minimum atomic E-state index is 0.212. The number of anilines is 1. The van der Waals surface area contributed by atoms with Gasteiger partial charge in [0.05, 0.1) is 10.2 Å². The molecule has 3 aromatic rings. The Labute approximate surface area is 144 Å². The molecule has 1 amide bonds. The molecule has 0 radical (unpaired) electrons. The predicted octanol–water partition coefficient (Wildman–Crippen LogP) is 4.39. The molecule has 1 fully saturated rings. The molecule has 1 aliphatic rings. The third-order valence-electron chi connectivity index (χ3n) is 4.17. The number of ether oxygens (including phenoxy) is 1. The average Bonchev–Trinajstić information content (AvgIpc) is 3.04. The van der Waals surface area contributed by atoms with Gasteiger partial charge in [-0.3, -0.25) is 4.79 Å². The van der Waals surface area contributed by atoms with E-state index in [2.05, 4.69) is 11.1 Å². The van der Waals surface area contributed by atoms with Crippen LogP contribution in [0.15, 0.2) is 48.5 Å². The molecule has 0 unspecified atom stereocenters. The summed E-state index contributed by atoms with van der Waals surface area (Å²) in [5, 5.41) is 0.964. The molecule has 5 heteroatoms. The van der Waals surface area contributed by atoms with Gasteiger partial charge in [0.2, 0.25) is 5.91 Å². The smallest absolute Gasteiger partial charge is 0.226 e. The van der Waals surface area contributed by atoms with E-state index < -0.39 is 0 Å². The van der Waals surface area contributed by atoms with Crippen molar-refractivity contribution in [2.45, 2.75) is 25.9 Å². The van der Waals surface area contributed by atoms with E-state index >= 15 is 0 Å². The zero-order chi connectivity index (χ0) is 16.4. The summed E-state index contributed by atoms with van der Waals surface area (Å²) in [6.07, 6.45) is 2.72. The highest BCUT2D eigenvalue weighted by Crippen LogP contribution is 2.25. The summed E-state index contributed by atoms with van der Waals surface area (Å²) in [6, 6.07) is 15.8. The Hall–Kier alpha value is -2.40. The van der Waals surface area contributed by atoms with E-state index in [1.165, 1.54) is 4.70 Å². The molecule has 1 saturated heterocycles. The van der Waals surface area contributed by atoms with Crippen LogP contribution in [-0.2, 0) is 11.4 Å². The number of hydrogen-bond donors (Lipinski definition) is 0. The average molecular weight is 338 g/mol. The molecular weight excluding hydrogens is 320 g/mol. The van der Waals surface area contributed by atoms with Crippen molar-refractivity contribution in [3.05, 3.63) is 53.5 Å². The third-order valence-corrected chi connectivity index (χ3v) is 5.18. The SMILES string of the molecule is O=C1CCCCN1c1ccc(OCc2nc3ccccc3s2)cc1. The molecule has 24 heavy (non-hydrogen) atoms. The van der Waals surface area contributed by atoms with Crippen molar-refractivity contribution in [2.24, 2.45) is 0 Å². The van der Waals surface area contributed by atoms with E-state index in [1.807, 2.05) is 47.4 Å². The lowest BCUT2D eigenvalue weighted by atomic mass is 10.1. The second-order valence-corrected chi connectivity index (χ2v) is 6.98. The molecule has 0 aliphatic carbocycles. The van der Waals surface area contributed by atoms with Crippen LogP contribution in [0.4, 0.5) is 5.69 Å². The maximum Gasteiger partial charge on any atom is 0.226 e. The minimum absolute atomic E-state index is 0.212. The fraction of sp³-hybridized carbons (Fsp3) is 0.263. The number of benzene rings is 2. The van der Waals surface area contributed by atoms with Crippen molar-refractivity contribution in [1.29, 1.82) is 0 Å². The topological polar surface area (TPSA) is 42.4 Å². The normalized spacial score (nSPS) is 15.0. The number of rotatable bonds is 4. The zero-order valence-electron chi connectivity index (χ0n) is 13.3. The number of amides is 1. The van der Waals surface area contributed by atoms with Crippen LogP contribution in [0.2, 0.25) is 0 Å². The second kappa shape index (κ2) is 6.61. The summed E-state index contributed by atoms with van der Waals surface area (Å²) >= 11 is 1.65. The van der Waals surface area contributed by atoms with Crippen LogP contribution in [0.3, 0.4) is 0 Å². The number of para-hydroxylation sites is 1. The van der Waals surface area contributed by atoms with Gasteiger partial charge in [-0.25, -0.2) is 4.98 Å². The Bertz CT molecular complexity index is 824. The monoisotopic (exact) mass is 338 g/mol. The van der Waals surface area contributed by atoms with Crippen LogP contribution < -0.4 is 9.64 Å². The summed E-state index contributed by atoms with van der Waals surface area (Å²) in [7, 11) is 0. The number of nitrogens with zero attached hydrogens (tertiary/aromatic N) is 2. The van der Waals surface area contributed by atoms with E-state index in [4.69, 9.17) is 4.74 Å². The van der Waals surface area contributed by atoms with Gasteiger partial charge in [-0.05, 0) is 49.2 Å². The highest BCUT2D eigenvalue weighted by Gasteiger charge is 2.19. The quantitative estimate of drug-likeness (QED) is 0.708. The largest absolute Gasteiger partial charge is 0.486 e. The molecule has 122 valence electrons. The molecule has 2 aromatic carbocycles. The van der Waals surface area contributed by atoms with Crippen molar-refractivity contribution < 1.29 is 9.53 Å². The van der Waals surface area contributed by atoms with Crippen LogP contribution in [0.1, 0.15) is 24.3 Å². The lowest BCUT2D eigenvalue weighted by molar-refractivity contribution is -0.119. The summed E-state index contributed by atoms with van der Waals surface area (Å²) < 4.78 is 7.01. The molecule has 2 heterocycles. The number of carbonyl (C=O) groups is 1. The Balaban J connectivity index is 1.42. The van der Waals surface area contributed by atoms with Crippen molar-refractivity contribution in [2.75, 3.05) is 11.4 Å².